The maximum atomic E-state index is 12.8. The van der Waals surface area contributed by atoms with Gasteiger partial charge in [0.15, 0.2) is 0 Å². The van der Waals surface area contributed by atoms with Crippen LogP contribution in [0.1, 0.15) is 28.8 Å². The number of benzene rings is 1. The van der Waals surface area contributed by atoms with Gasteiger partial charge in [-0.3, -0.25) is 4.90 Å². The zero-order valence-electron chi connectivity index (χ0n) is 17.6. The molecule has 10 heteroatoms. The number of fused-ring (bicyclic) bond motifs is 2. The molecule has 0 radical (unpaired) electrons. The number of rotatable bonds is 5. The van der Waals surface area contributed by atoms with Gasteiger partial charge in [-0.25, -0.2) is 9.97 Å². The molecule has 0 spiro atoms. The van der Waals surface area contributed by atoms with Gasteiger partial charge in [-0.1, -0.05) is 6.07 Å². The van der Waals surface area contributed by atoms with Crippen molar-refractivity contribution in [3.8, 4) is 6.07 Å². The van der Waals surface area contributed by atoms with E-state index >= 15 is 0 Å². The van der Waals surface area contributed by atoms with Crippen LogP contribution < -0.4 is 5.32 Å². The minimum atomic E-state index is -4.24. The first kappa shape index (κ1) is 21.7. The fourth-order valence-corrected chi connectivity index (χ4v) is 5.39. The van der Waals surface area contributed by atoms with Gasteiger partial charge in [0.25, 0.3) is 0 Å². The summed E-state index contributed by atoms with van der Waals surface area (Å²) in [5.41, 5.74) is 2.81. The normalized spacial score (nSPS) is 15.8. The van der Waals surface area contributed by atoms with Crippen molar-refractivity contribution in [2.75, 3.05) is 18.4 Å². The van der Waals surface area contributed by atoms with Gasteiger partial charge in [0.1, 0.15) is 17.0 Å². The van der Waals surface area contributed by atoms with E-state index in [1.165, 1.54) is 11.9 Å². The Kier molecular flexibility index (Phi) is 5.68. The van der Waals surface area contributed by atoms with Crippen molar-refractivity contribution in [1.82, 2.24) is 19.9 Å². The lowest BCUT2D eigenvalue weighted by molar-refractivity contribution is -0.126. The average molecular weight is 471 g/mol. The van der Waals surface area contributed by atoms with E-state index in [2.05, 4.69) is 31.2 Å². The Morgan fingerprint density at radius 1 is 1.18 bits per heavy atom. The second kappa shape index (κ2) is 8.65. The molecule has 1 aliphatic rings. The van der Waals surface area contributed by atoms with Crippen molar-refractivity contribution in [2.45, 2.75) is 38.0 Å². The molecule has 170 valence electrons. The Balaban J connectivity index is 1.22. The van der Waals surface area contributed by atoms with Gasteiger partial charge in [0.05, 0.1) is 23.4 Å². The molecule has 4 aromatic rings. The maximum Gasteiger partial charge on any atom is 0.393 e. The van der Waals surface area contributed by atoms with Crippen molar-refractivity contribution in [3.05, 3.63) is 52.8 Å². The van der Waals surface area contributed by atoms with Crippen molar-refractivity contribution < 1.29 is 13.2 Å². The molecule has 2 N–H and O–H groups in total. The third-order valence-electron chi connectivity index (χ3n) is 5.97. The first-order valence-corrected chi connectivity index (χ1v) is 11.5. The summed E-state index contributed by atoms with van der Waals surface area (Å²) in [5.74, 6) is 0.605. The third-order valence-corrected chi connectivity index (χ3v) is 7.02. The number of nitrogens with zero attached hydrogens (tertiary/aromatic N) is 4. The molecule has 0 bridgehead atoms. The summed E-state index contributed by atoms with van der Waals surface area (Å²) in [5, 5.41) is 14.3. The summed E-state index contributed by atoms with van der Waals surface area (Å²) >= 11 is 1.07. The number of nitrogens with one attached hydrogen (secondary N) is 2. The minimum absolute atomic E-state index is 0.200. The molecule has 4 heterocycles. The largest absolute Gasteiger partial charge is 0.393 e. The van der Waals surface area contributed by atoms with Gasteiger partial charge in [-0.2, -0.15) is 18.4 Å². The minimum Gasteiger partial charge on any atom is -0.367 e. The Labute approximate surface area is 192 Å². The second-order valence-electron chi connectivity index (χ2n) is 8.33. The third kappa shape index (κ3) is 4.79. The number of aromatic amines is 1. The van der Waals surface area contributed by atoms with Crippen molar-refractivity contribution >= 4 is 38.3 Å². The van der Waals surface area contributed by atoms with Gasteiger partial charge in [0, 0.05) is 47.7 Å². The molecule has 0 saturated carbocycles. The zero-order valence-corrected chi connectivity index (χ0v) is 18.4. The summed E-state index contributed by atoms with van der Waals surface area (Å²) in [6.07, 6.45) is 0.0400. The summed E-state index contributed by atoms with van der Waals surface area (Å²) < 4.78 is 38.3. The van der Waals surface area contributed by atoms with Crippen LogP contribution in [0.25, 0.3) is 21.1 Å². The molecule has 0 atom stereocenters. The molecule has 0 amide bonds. The van der Waals surface area contributed by atoms with Crippen LogP contribution in [-0.4, -0.2) is 45.2 Å². The molecule has 33 heavy (non-hydrogen) atoms. The predicted octanol–water partition coefficient (Wildman–Crippen LogP) is 5.23. The highest BCUT2D eigenvalue weighted by molar-refractivity contribution is 7.18. The fourth-order valence-electron chi connectivity index (χ4n) is 4.36. The highest BCUT2D eigenvalue weighted by Crippen LogP contribution is 2.33. The maximum absolute atomic E-state index is 12.8. The molecule has 0 unspecified atom stereocenters. The number of likely N-dealkylation sites (tertiary alicyclic amines) is 1. The van der Waals surface area contributed by atoms with Crippen LogP contribution in [0.15, 0.2) is 36.8 Å². The highest BCUT2D eigenvalue weighted by Gasteiger charge is 2.29. The van der Waals surface area contributed by atoms with Gasteiger partial charge in [-0.05, 0) is 36.6 Å². The number of H-pyrrole nitrogens is 1. The van der Waals surface area contributed by atoms with Gasteiger partial charge in [0.2, 0.25) is 0 Å². The Hall–Kier alpha value is -3.16. The van der Waals surface area contributed by atoms with Crippen molar-refractivity contribution in [1.29, 1.82) is 5.26 Å². The molecule has 1 saturated heterocycles. The van der Waals surface area contributed by atoms with Crippen LogP contribution in [0.3, 0.4) is 0 Å². The first-order valence-electron chi connectivity index (χ1n) is 10.7. The Morgan fingerprint density at radius 2 is 2.00 bits per heavy atom. The van der Waals surface area contributed by atoms with E-state index in [0.29, 0.717) is 21.6 Å². The molecule has 5 rings (SSSR count). The number of thiophene rings is 1. The van der Waals surface area contributed by atoms with Crippen molar-refractivity contribution in [3.63, 3.8) is 0 Å². The van der Waals surface area contributed by atoms with Crippen LogP contribution in [-0.2, 0) is 13.0 Å². The van der Waals surface area contributed by atoms with E-state index in [-0.39, 0.29) is 10.9 Å². The lowest BCUT2D eigenvalue weighted by atomic mass is 10.0. The Morgan fingerprint density at radius 3 is 2.76 bits per heavy atom. The molecule has 3 aromatic heterocycles. The molecular weight excluding hydrogens is 449 g/mol. The second-order valence-corrected chi connectivity index (χ2v) is 9.44. The van der Waals surface area contributed by atoms with E-state index in [1.54, 1.807) is 6.07 Å². The topological polar surface area (TPSA) is 80.6 Å². The number of piperidine rings is 1. The number of hydrogen-bond acceptors (Lipinski definition) is 6. The SMILES string of the molecule is N#Cc1ccc2c(CN3CCC(Nc4ncnc5sc(CC(F)(F)F)cc45)CC3)c[nH]c2c1. The van der Waals surface area contributed by atoms with Gasteiger partial charge < -0.3 is 10.3 Å². The number of aromatic nitrogens is 3. The molecule has 6 nitrogen and oxygen atoms in total. The number of alkyl halides is 3. The van der Waals surface area contributed by atoms with Crippen LogP contribution in [0.4, 0.5) is 19.0 Å². The lowest BCUT2D eigenvalue weighted by Gasteiger charge is -2.32. The van der Waals surface area contributed by atoms with Gasteiger partial charge in [-0.15, -0.1) is 11.3 Å². The number of anilines is 1. The number of halogens is 3. The smallest absolute Gasteiger partial charge is 0.367 e. The monoisotopic (exact) mass is 470 g/mol. The number of nitriles is 1. The average Bonchev–Trinajstić information content (AvgIpc) is 3.37. The summed E-state index contributed by atoms with van der Waals surface area (Å²) in [7, 11) is 0. The molecule has 0 aliphatic carbocycles. The molecular formula is C23H21F3N6S. The standard InChI is InChI=1S/C23H21F3N6S/c24-23(25,26)9-17-8-19-21(29-13-30-22(19)33-17)31-16-3-5-32(6-4-16)12-15-11-28-20-7-14(10-27)1-2-18(15)20/h1-2,7-8,11,13,16,28H,3-6,9,12H2,(H,29,30,31). The zero-order chi connectivity index (χ0) is 23.0. The van der Waals surface area contributed by atoms with Crippen LogP contribution in [0, 0.1) is 11.3 Å². The van der Waals surface area contributed by atoms with Crippen LogP contribution >= 0.6 is 11.3 Å². The van der Waals surface area contributed by atoms with E-state index in [0.717, 1.165) is 54.7 Å². The van der Waals surface area contributed by atoms with Crippen LogP contribution in [0.2, 0.25) is 0 Å². The quantitative estimate of drug-likeness (QED) is 0.418. The lowest BCUT2D eigenvalue weighted by Crippen LogP contribution is -2.38. The first-order chi connectivity index (χ1) is 15.9. The summed E-state index contributed by atoms with van der Waals surface area (Å²) in [6, 6.07) is 9.60. The van der Waals surface area contributed by atoms with Gasteiger partial charge >= 0.3 is 6.18 Å². The highest BCUT2D eigenvalue weighted by atomic mass is 32.1. The summed E-state index contributed by atoms with van der Waals surface area (Å²) in [4.78, 5) is 14.9. The fraction of sp³-hybridized carbons (Fsp3) is 0.348. The van der Waals surface area contributed by atoms with E-state index in [9.17, 15) is 13.2 Å². The van der Waals surface area contributed by atoms with E-state index in [1.807, 2.05) is 24.4 Å². The van der Waals surface area contributed by atoms with E-state index < -0.39 is 12.6 Å². The summed E-state index contributed by atoms with van der Waals surface area (Å²) in [6.45, 7) is 2.62. The number of hydrogen-bond donors (Lipinski definition) is 2. The Bertz CT molecular complexity index is 1330. The van der Waals surface area contributed by atoms with E-state index in [4.69, 9.17) is 5.26 Å². The molecule has 1 aromatic carbocycles. The molecule has 1 aliphatic heterocycles. The van der Waals surface area contributed by atoms with Crippen molar-refractivity contribution in [2.24, 2.45) is 0 Å². The molecule has 1 fully saturated rings. The predicted molar refractivity (Wildman–Crippen MR) is 122 cm³/mol. The van der Waals surface area contributed by atoms with Crippen LogP contribution in [0.5, 0.6) is 0 Å².